The molecule has 0 fully saturated rings. The maximum Gasteiger partial charge on any atom is 0.251 e. The SMILES string of the molecule is COc1ccc(C(=O)N[C@H](C(=O)NCc2ccccc2Cl)C(C)C)cc1. The lowest BCUT2D eigenvalue weighted by Crippen LogP contribution is -2.49. The second-order valence-corrected chi connectivity index (χ2v) is 6.64. The first-order chi connectivity index (χ1) is 12.4. The van der Waals surface area contributed by atoms with E-state index in [-0.39, 0.29) is 17.7 Å². The van der Waals surface area contributed by atoms with Gasteiger partial charge in [0.2, 0.25) is 5.91 Å². The van der Waals surface area contributed by atoms with Crippen molar-refractivity contribution in [3.05, 3.63) is 64.7 Å². The molecular weight excluding hydrogens is 352 g/mol. The number of hydrogen-bond donors (Lipinski definition) is 2. The van der Waals surface area contributed by atoms with Crippen LogP contribution in [0.1, 0.15) is 29.8 Å². The monoisotopic (exact) mass is 374 g/mol. The number of nitrogens with one attached hydrogen (secondary N) is 2. The molecule has 5 nitrogen and oxygen atoms in total. The van der Waals surface area contributed by atoms with Crippen molar-refractivity contribution < 1.29 is 14.3 Å². The molecule has 2 amide bonds. The largest absolute Gasteiger partial charge is 0.497 e. The Hall–Kier alpha value is -2.53. The van der Waals surface area contributed by atoms with E-state index >= 15 is 0 Å². The molecule has 0 heterocycles. The van der Waals surface area contributed by atoms with Crippen LogP contribution in [0.3, 0.4) is 0 Å². The minimum atomic E-state index is -0.646. The van der Waals surface area contributed by atoms with E-state index in [1.807, 2.05) is 32.0 Å². The maximum atomic E-state index is 12.5. The summed E-state index contributed by atoms with van der Waals surface area (Å²) in [4.78, 5) is 25.0. The summed E-state index contributed by atoms with van der Waals surface area (Å²) in [5.74, 6) is 0.0453. The number of ether oxygens (including phenoxy) is 1. The molecule has 0 saturated heterocycles. The summed E-state index contributed by atoms with van der Waals surface area (Å²) in [5.41, 5.74) is 1.29. The third kappa shape index (κ3) is 5.23. The van der Waals surface area contributed by atoms with E-state index in [2.05, 4.69) is 10.6 Å². The summed E-state index contributed by atoms with van der Waals surface area (Å²) in [7, 11) is 1.56. The van der Waals surface area contributed by atoms with Crippen molar-refractivity contribution in [3.63, 3.8) is 0 Å². The zero-order valence-electron chi connectivity index (χ0n) is 15.1. The Morgan fingerprint density at radius 1 is 1.08 bits per heavy atom. The zero-order chi connectivity index (χ0) is 19.1. The smallest absolute Gasteiger partial charge is 0.251 e. The first-order valence-corrected chi connectivity index (χ1v) is 8.76. The van der Waals surface area contributed by atoms with Gasteiger partial charge in [-0.3, -0.25) is 9.59 Å². The van der Waals surface area contributed by atoms with Crippen molar-refractivity contribution in [2.75, 3.05) is 7.11 Å². The van der Waals surface area contributed by atoms with Crippen LogP contribution in [0.4, 0.5) is 0 Å². The molecule has 2 aromatic carbocycles. The fourth-order valence-corrected chi connectivity index (χ4v) is 2.64. The van der Waals surface area contributed by atoms with E-state index in [9.17, 15) is 9.59 Å². The van der Waals surface area contributed by atoms with Crippen LogP contribution in [-0.4, -0.2) is 25.0 Å². The van der Waals surface area contributed by atoms with Crippen LogP contribution < -0.4 is 15.4 Å². The minimum absolute atomic E-state index is 0.0663. The van der Waals surface area contributed by atoms with E-state index in [0.717, 1.165) is 5.56 Å². The van der Waals surface area contributed by atoms with Gasteiger partial charge < -0.3 is 15.4 Å². The normalized spacial score (nSPS) is 11.7. The van der Waals surface area contributed by atoms with Crippen molar-refractivity contribution in [2.24, 2.45) is 5.92 Å². The van der Waals surface area contributed by atoms with E-state index in [1.165, 1.54) is 0 Å². The Morgan fingerprint density at radius 3 is 2.31 bits per heavy atom. The third-order valence-electron chi connectivity index (χ3n) is 4.00. The summed E-state index contributed by atoms with van der Waals surface area (Å²) in [6, 6.07) is 13.4. The molecule has 0 saturated carbocycles. The van der Waals surface area contributed by atoms with E-state index < -0.39 is 6.04 Å². The van der Waals surface area contributed by atoms with Gasteiger partial charge in [-0.15, -0.1) is 0 Å². The van der Waals surface area contributed by atoms with Gasteiger partial charge in [-0.1, -0.05) is 43.6 Å². The lowest BCUT2D eigenvalue weighted by Gasteiger charge is -2.22. The summed E-state index contributed by atoms with van der Waals surface area (Å²) >= 11 is 6.11. The number of carbonyl (C=O) groups is 2. The Kier molecular flexibility index (Phi) is 7.04. The van der Waals surface area contributed by atoms with Crippen LogP contribution in [0.25, 0.3) is 0 Å². The second-order valence-electron chi connectivity index (χ2n) is 6.23. The fourth-order valence-electron chi connectivity index (χ4n) is 2.44. The van der Waals surface area contributed by atoms with Gasteiger partial charge in [0.15, 0.2) is 0 Å². The molecule has 138 valence electrons. The Morgan fingerprint density at radius 2 is 1.73 bits per heavy atom. The third-order valence-corrected chi connectivity index (χ3v) is 4.37. The molecule has 0 unspecified atom stereocenters. The number of amides is 2. The van der Waals surface area contributed by atoms with Crippen LogP contribution in [0.2, 0.25) is 5.02 Å². The molecule has 2 N–H and O–H groups in total. The van der Waals surface area contributed by atoms with Crippen molar-refractivity contribution in [1.29, 1.82) is 0 Å². The number of hydrogen-bond acceptors (Lipinski definition) is 3. The Labute approximate surface area is 158 Å². The van der Waals surface area contributed by atoms with Gasteiger partial charge in [-0.2, -0.15) is 0 Å². The standard InChI is InChI=1S/C20H23ClN2O3/c1-13(2)18(20(25)22-12-15-6-4-5-7-17(15)21)23-19(24)14-8-10-16(26-3)11-9-14/h4-11,13,18H,12H2,1-3H3,(H,22,25)(H,23,24)/t18-/m0/s1. The average Bonchev–Trinajstić information content (AvgIpc) is 2.64. The van der Waals surface area contributed by atoms with Gasteiger partial charge in [-0.25, -0.2) is 0 Å². The van der Waals surface area contributed by atoms with E-state index in [4.69, 9.17) is 16.3 Å². The molecule has 0 aliphatic heterocycles. The first kappa shape index (κ1) is 19.8. The molecule has 6 heteroatoms. The number of methoxy groups -OCH3 is 1. The summed E-state index contributed by atoms with van der Waals surface area (Å²) in [5, 5.41) is 6.23. The highest BCUT2D eigenvalue weighted by atomic mass is 35.5. The number of carbonyl (C=O) groups excluding carboxylic acids is 2. The molecule has 0 spiro atoms. The topological polar surface area (TPSA) is 67.4 Å². The van der Waals surface area contributed by atoms with Crippen molar-refractivity contribution in [1.82, 2.24) is 10.6 Å². The molecule has 1 atom stereocenters. The minimum Gasteiger partial charge on any atom is -0.497 e. The average molecular weight is 375 g/mol. The lowest BCUT2D eigenvalue weighted by atomic mass is 10.0. The molecule has 2 aromatic rings. The number of rotatable bonds is 7. The molecule has 0 radical (unpaired) electrons. The zero-order valence-corrected chi connectivity index (χ0v) is 15.8. The summed E-state index contributed by atoms with van der Waals surface area (Å²) < 4.78 is 5.08. The molecule has 0 aliphatic carbocycles. The van der Waals surface area contributed by atoms with Crippen molar-refractivity contribution >= 4 is 23.4 Å². The first-order valence-electron chi connectivity index (χ1n) is 8.38. The van der Waals surface area contributed by atoms with Gasteiger partial charge in [0.1, 0.15) is 11.8 Å². The number of benzene rings is 2. The van der Waals surface area contributed by atoms with Crippen LogP contribution in [0.5, 0.6) is 5.75 Å². The highest BCUT2D eigenvalue weighted by molar-refractivity contribution is 6.31. The number of halogens is 1. The molecule has 2 rings (SSSR count). The predicted octanol–water partition coefficient (Wildman–Crippen LogP) is 3.42. The Balaban J connectivity index is 2.01. The molecular formula is C20H23ClN2O3. The molecule has 26 heavy (non-hydrogen) atoms. The van der Waals surface area contributed by atoms with Gasteiger partial charge >= 0.3 is 0 Å². The predicted molar refractivity (Wildman–Crippen MR) is 102 cm³/mol. The highest BCUT2D eigenvalue weighted by Gasteiger charge is 2.24. The molecule has 0 aliphatic rings. The quantitative estimate of drug-likeness (QED) is 0.780. The van der Waals surface area contributed by atoms with Gasteiger partial charge in [0.25, 0.3) is 5.91 Å². The molecule has 0 bridgehead atoms. The summed E-state index contributed by atoms with van der Waals surface area (Å²) in [6.07, 6.45) is 0. The molecule has 0 aromatic heterocycles. The van der Waals surface area contributed by atoms with Crippen LogP contribution >= 0.6 is 11.6 Å². The fraction of sp³-hybridized carbons (Fsp3) is 0.300. The second kappa shape index (κ2) is 9.25. The van der Waals surface area contributed by atoms with Crippen LogP contribution in [0, 0.1) is 5.92 Å². The van der Waals surface area contributed by atoms with Crippen molar-refractivity contribution in [2.45, 2.75) is 26.4 Å². The van der Waals surface area contributed by atoms with Crippen LogP contribution in [0.15, 0.2) is 48.5 Å². The van der Waals surface area contributed by atoms with Crippen molar-refractivity contribution in [3.8, 4) is 5.75 Å². The lowest BCUT2D eigenvalue weighted by molar-refractivity contribution is -0.124. The Bertz CT molecular complexity index is 760. The van der Waals surface area contributed by atoms with Gasteiger partial charge in [-0.05, 0) is 41.8 Å². The van der Waals surface area contributed by atoms with Crippen LogP contribution in [-0.2, 0) is 11.3 Å². The highest BCUT2D eigenvalue weighted by Crippen LogP contribution is 2.15. The van der Waals surface area contributed by atoms with Gasteiger partial charge in [0.05, 0.1) is 7.11 Å². The van der Waals surface area contributed by atoms with E-state index in [0.29, 0.717) is 22.9 Å². The van der Waals surface area contributed by atoms with E-state index in [1.54, 1.807) is 37.4 Å². The maximum absolute atomic E-state index is 12.5. The van der Waals surface area contributed by atoms with Gasteiger partial charge in [0, 0.05) is 17.1 Å². The summed E-state index contributed by atoms with van der Waals surface area (Å²) in [6.45, 7) is 4.07.